The molecule has 0 heterocycles. The fraction of sp³-hybridized carbons (Fsp3) is 0.333. The van der Waals surface area contributed by atoms with E-state index in [-0.39, 0.29) is 11.4 Å². The highest BCUT2D eigenvalue weighted by Crippen LogP contribution is 2.09. The van der Waals surface area contributed by atoms with Crippen LogP contribution in [0.5, 0.6) is 0 Å². The van der Waals surface area contributed by atoms with Crippen LogP contribution in [0.15, 0.2) is 29.2 Å². The summed E-state index contributed by atoms with van der Waals surface area (Å²) in [5.41, 5.74) is 6.13. The molecular weight excluding hydrogens is 200 g/mol. The van der Waals surface area contributed by atoms with Gasteiger partial charge in [0.2, 0.25) is 10.0 Å². The lowest BCUT2D eigenvalue weighted by Gasteiger charge is -2.05. The van der Waals surface area contributed by atoms with Gasteiger partial charge >= 0.3 is 0 Å². The third kappa shape index (κ3) is 2.80. The first-order chi connectivity index (χ1) is 6.56. The van der Waals surface area contributed by atoms with Crippen molar-refractivity contribution in [2.24, 2.45) is 5.73 Å². The number of rotatable bonds is 4. The van der Waals surface area contributed by atoms with Crippen molar-refractivity contribution in [2.75, 3.05) is 13.1 Å². The van der Waals surface area contributed by atoms with Gasteiger partial charge in [0.15, 0.2) is 0 Å². The first-order valence-corrected chi connectivity index (χ1v) is 5.81. The zero-order chi connectivity index (χ0) is 10.6. The molecule has 1 aromatic rings. The van der Waals surface area contributed by atoms with Crippen LogP contribution in [0, 0.1) is 6.92 Å². The molecule has 1 aromatic carbocycles. The first kappa shape index (κ1) is 11.2. The maximum atomic E-state index is 11.6. The van der Waals surface area contributed by atoms with Crippen molar-refractivity contribution in [2.45, 2.75) is 11.8 Å². The molecule has 0 aliphatic carbocycles. The molecule has 0 aliphatic rings. The summed E-state index contributed by atoms with van der Waals surface area (Å²) in [6.45, 7) is 2.41. The Kier molecular flexibility index (Phi) is 3.62. The zero-order valence-electron chi connectivity index (χ0n) is 8.03. The summed E-state index contributed by atoms with van der Waals surface area (Å²) in [6.07, 6.45) is 0. The lowest BCUT2D eigenvalue weighted by molar-refractivity contribution is 0.582. The average Bonchev–Trinajstić information content (AvgIpc) is 2.15. The Morgan fingerprint density at radius 2 is 2.14 bits per heavy atom. The molecule has 0 spiro atoms. The Hall–Kier alpha value is -0.910. The molecule has 5 heteroatoms. The maximum absolute atomic E-state index is 11.6. The molecule has 0 atom stereocenters. The summed E-state index contributed by atoms with van der Waals surface area (Å²) >= 11 is 0. The molecule has 0 bridgehead atoms. The van der Waals surface area contributed by atoms with Gasteiger partial charge in [0.05, 0.1) is 4.90 Å². The molecule has 0 amide bonds. The number of benzene rings is 1. The van der Waals surface area contributed by atoms with E-state index in [1.165, 1.54) is 0 Å². The number of sulfonamides is 1. The number of nitrogens with one attached hydrogen (secondary N) is 1. The van der Waals surface area contributed by atoms with Gasteiger partial charge in [0.1, 0.15) is 0 Å². The Morgan fingerprint density at radius 3 is 2.71 bits per heavy atom. The maximum Gasteiger partial charge on any atom is 0.240 e. The highest BCUT2D eigenvalue weighted by atomic mass is 32.2. The van der Waals surface area contributed by atoms with Crippen molar-refractivity contribution >= 4 is 10.0 Å². The SMILES string of the molecule is Cc1cccc(S(=O)(=O)NCCN)c1. The van der Waals surface area contributed by atoms with E-state index in [0.29, 0.717) is 6.54 Å². The van der Waals surface area contributed by atoms with Gasteiger partial charge in [-0.3, -0.25) is 0 Å². The fourth-order valence-electron chi connectivity index (χ4n) is 1.06. The van der Waals surface area contributed by atoms with Crippen LogP contribution in [0.1, 0.15) is 5.56 Å². The summed E-state index contributed by atoms with van der Waals surface area (Å²) in [5, 5.41) is 0. The Bertz CT molecular complexity index is 401. The quantitative estimate of drug-likeness (QED) is 0.753. The first-order valence-electron chi connectivity index (χ1n) is 4.32. The van der Waals surface area contributed by atoms with Crippen molar-refractivity contribution in [3.8, 4) is 0 Å². The summed E-state index contributed by atoms with van der Waals surface area (Å²) in [6, 6.07) is 6.75. The normalized spacial score (nSPS) is 11.6. The summed E-state index contributed by atoms with van der Waals surface area (Å²) < 4.78 is 25.6. The van der Waals surface area contributed by atoms with E-state index in [1.54, 1.807) is 18.2 Å². The predicted octanol–water partition coefficient (Wildman–Crippen LogP) is 0.232. The summed E-state index contributed by atoms with van der Waals surface area (Å²) in [5.74, 6) is 0. The molecule has 0 saturated carbocycles. The summed E-state index contributed by atoms with van der Waals surface area (Å²) in [7, 11) is -3.37. The van der Waals surface area contributed by atoms with Crippen molar-refractivity contribution in [3.63, 3.8) is 0 Å². The minimum Gasteiger partial charge on any atom is -0.329 e. The molecule has 1 rings (SSSR count). The number of hydrogen-bond acceptors (Lipinski definition) is 3. The van der Waals surface area contributed by atoms with Crippen molar-refractivity contribution in [1.82, 2.24) is 4.72 Å². The van der Waals surface area contributed by atoms with E-state index < -0.39 is 10.0 Å². The van der Waals surface area contributed by atoms with E-state index in [2.05, 4.69) is 4.72 Å². The second-order valence-electron chi connectivity index (χ2n) is 3.00. The van der Waals surface area contributed by atoms with Crippen molar-refractivity contribution < 1.29 is 8.42 Å². The van der Waals surface area contributed by atoms with E-state index in [0.717, 1.165) is 5.56 Å². The van der Waals surface area contributed by atoms with Gasteiger partial charge in [-0.25, -0.2) is 13.1 Å². The molecule has 3 N–H and O–H groups in total. The molecule has 14 heavy (non-hydrogen) atoms. The van der Waals surface area contributed by atoms with Crippen LogP contribution in [-0.2, 0) is 10.0 Å². The highest BCUT2D eigenvalue weighted by Gasteiger charge is 2.11. The molecule has 78 valence electrons. The minimum atomic E-state index is -3.37. The van der Waals surface area contributed by atoms with Crippen LogP contribution in [0.4, 0.5) is 0 Å². The van der Waals surface area contributed by atoms with E-state index in [4.69, 9.17) is 5.73 Å². The van der Waals surface area contributed by atoms with Crippen LogP contribution >= 0.6 is 0 Å². The monoisotopic (exact) mass is 214 g/mol. The van der Waals surface area contributed by atoms with Crippen LogP contribution < -0.4 is 10.5 Å². The average molecular weight is 214 g/mol. The van der Waals surface area contributed by atoms with Crippen molar-refractivity contribution in [3.05, 3.63) is 29.8 Å². The Labute approximate surface area is 84.2 Å². The van der Waals surface area contributed by atoms with Gasteiger partial charge in [0, 0.05) is 13.1 Å². The molecule has 0 radical (unpaired) electrons. The minimum absolute atomic E-state index is 0.260. The lowest BCUT2D eigenvalue weighted by atomic mass is 10.2. The smallest absolute Gasteiger partial charge is 0.240 e. The molecule has 0 aromatic heterocycles. The van der Waals surface area contributed by atoms with Crippen molar-refractivity contribution in [1.29, 1.82) is 0 Å². The number of hydrogen-bond donors (Lipinski definition) is 2. The fourth-order valence-corrected chi connectivity index (χ4v) is 2.21. The van der Waals surface area contributed by atoms with Crippen LogP contribution in [0.3, 0.4) is 0 Å². The predicted molar refractivity (Wildman–Crippen MR) is 55.4 cm³/mol. The molecule has 0 aliphatic heterocycles. The summed E-state index contributed by atoms with van der Waals surface area (Å²) in [4.78, 5) is 0.283. The number of nitrogens with two attached hydrogens (primary N) is 1. The standard InChI is InChI=1S/C9H14N2O2S/c1-8-3-2-4-9(7-8)14(12,13)11-6-5-10/h2-4,7,11H,5-6,10H2,1H3. The van der Waals surface area contributed by atoms with Gasteiger partial charge in [-0.2, -0.15) is 0 Å². The second-order valence-corrected chi connectivity index (χ2v) is 4.77. The van der Waals surface area contributed by atoms with E-state index in [1.807, 2.05) is 13.0 Å². The largest absolute Gasteiger partial charge is 0.329 e. The molecular formula is C9H14N2O2S. The highest BCUT2D eigenvalue weighted by molar-refractivity contribution is 7.89. The van der Waals surface area contributed by atoms with E-state index in [9.17, 15) is 8.42 Å². The van der Waals surface area contributed by atoms with Gasteiger partial charge in [-0.05, 0) is 24.6 Å². The third-order valence-electron chi connectivity index (χ3n) is 1.74. The van der Waals surface area contributed by atoms with Crippen LogP contribution in [0.25, 0.3) is 0 Å². The topological polar surface area (TPSA) is 72.2 Å². The molecule has 0 fully saturated rings. The Morgan fingerprint density at radius 1 is 1.43 bits per heavy atom. The van der Waals surface area contributed by atoms with Crippen LogP contribution in [-0.4, -0.2) is 21.5 Å². The second kappa shape index (κ2) is 4.54. The van der Waals surface area contributed by atoms with Gasteiger partial charge in [-0.15, -0.1) is 0 Å². The molecule has 0 saturated heterocycles. The third-order valence-corrected chi connectivity index (χ3v) is 3.19. The zero-order valence-corrected chi connectivity index (χ0v) is 8.84. The molecule has 0 unspecified atom stereocenters. The van der Waals surface area contributed by atoms with Gasteiger partial charge < -0.3 is 5.73 Å². The van der Waals surface area contributed by atoms with Gasteiger partial charge in [-0.1, -0.05) is 12.1 Å². The number of aryl methyl sites for hydroxylation is 1. The lowest BCUT2D eigenvalue weighted by Crippen LogP contribution is -2.29. The van der Waals surface area contributed by atoms with E-state index >= 15 is 0 Å². The Balaban J connectivity index is 2.93. The van der Waals surface area contributed by atoms with Crippen LogP contribution in [0.2, 0.25) is 0 Å². The van der Waals surface area contributed by atoms with Gasteiger partial charge in [0.25, 0.3) is 0 Å². The molecule has 4 nitrogen and oxygen atoms in total.